The van der Waals surface area contributed by atoms with Crippen molar-refractivity contribution in [2.45, 2.75) is 6.92 Å². The Hall–Kier alpha value is -3.06. The van der Waals surface area contributed by atoms with E-state index in [4.69, 9.17) is 0 Å². The Balaban J connectivity index is 1.92. The number of phenols is 1. The number of amidine groups is 1. The van der Waals surface area contributed by atoms with E-state index in [1.54, 1.807) is 42.5 Å². The molecule has 1 aliphatic rings. The molecular formula is C18H14N2O4S. The van der Waals surface area contributed by atoms with Crippen molar-refractivity contribution in [3.8, 4) is 5.75 Å². The molecule has 126 valence electrons. The molecule has 1 aliphatic heterocycles. The standard InChI is InChI=1S/C18H14N2O4S/c1-10-5-6-13(17(23)24)14(7-10)19-18-20-16(22)15(25-18)9-11-3-2-4-12(21)8-11/h2-9,21H,1H3,(H,23,24)(H,19,20,22)/b15-9-. The highest BCUT2D eigenvalue weighted by molar-refractivity contribution is 8.18. The molecule has 0 atom stereocenters. The van der Waals surface area contributed by atoms with Crippen LogP contribution >= 0.6 is 11.8 Å². The number of rotatable bonds is 3. The van der Waals surface area contributed by atoms with Crippen LogP contribution in [0.1, 0.15) is 21.5 Å². The van der Waals surface area contributed by atoms with Crippen molar-refractivity contribution >= 4 is 40.6 Å². The van der Waals surface area contributed by atoms with E-state index in [1.165, 1.54) is 6.07 Å². The van der Waals surface area contributed by atoms with Crippen LogP contribution in [0.4, 0.5) is 5.69 Å². The Labute approximate surface area is 147 Å². The number of benzene rings is 2. The van der Waals surface area contributed by atoms with Crippen LogP contribution in [0.3, 0.4) is 0 Å². The summed E-state index contributed by atoms with van der Waals surface area (Å²) in [6.45, 7) is 1.84. The third kappa shape index (κ3) is 3.89. The van der Waals surface area contributed by atoms with E-state index in [2.05, 4.69) is 10.3 Å². The summed E-state index contributed by atoms with van der Waals surface area (Å²) in [7, 11) is 0. The van der Waals surface area contributed by atoms with Crippen molar-refractivity contribution in [1.82, 2.24) is 5.32 Å². The van der Waals surface area contributed by atoms with E-state index in [9.17, 15) is 19.8 Å². The van der Waals surface area contributed by atoms with E-state index in [1.807, 2.05) is 6.92 Å². The third-order valence-corrected chi connectivity index (χ3v) is 4.33. The number of thioether (sulfide) groups is 1. The maximum atomic E-state index is 12.1. The number of carbonyl (C=O) groups excluding carboxylic acids is 1. The number of hydrogen-bond acceptors (Lipinski definition) is 5. The van der Waals surface area contributed by atoms with Gasteiger partial charge in [0, 0.05) is 0 Å². The van der Waals surface area contributed by atoms with Crippen molar-refractivity contribution in [2.24, 2.45) is 4.99 Å². The van der Waals surface area contributed by atoms with E-state index >= 15 is 0 Å². The van der Waals surface area contributed by atoms with Gasteiger partial charge in [-0.25, -0.2) is 9.79 Å². The maximum absolute atomic E-state index is 12.1. The third-order valence-electron chi connectivity index (χ3n) is 3.42. The van der Waals surface area contributed by atoms with Crippen LogP contribution in [0.2, 0.25) is 0 Å². The summed E-state index contributed by atoms with van der Waals surface area (Å²) < 4.78 is 0. The molecule has 6 nitrogen and oxygen atoms in total. The van der Waals surface area contributed by atoms with Gasteiger partial charge in [-0.2, -0.15) is 0 Å². The number of aromatic hydroxyl groups is 1. The van der Waals surface area contributed by atoms with E-state index in [-0.39, 0.29) is 22.9 Å². The maximum Gasteiger partial charge on any atom is 0.337 e. The number of amides is 1. The first-order valence-electron chi connectivity index (χ1n) is 7.35. The normalized spacial score (nSPS) is 17.1. The number of aryl methyl sites for hydroxylation is 1. The topological polar surface area (TPSA) is 99.0 Å². The Bertz CT molecular complexity index is 934. The van der Waals surface area contributed by atoms with Gasteiger partial charge in [-0.05, 0) is 60.2 Å². The molecule has 2 aromatic rings. The zero-order valence-electron chi connectivity index (χ0n) is 13.2. The Morgan fingerprint density at radius 1 is 1.24 bits per heavy atom. The molecular weight excluding hydrogens is 340 g/mol. The van der Waals surface area contributed by atoms with Crippen molar-refractivity contribution in [2.75, 3.05) is 0 Å². The summed E-state index contributed by atoms with van der Waals surface area (Å²) in [5, 5.41) is 21.7. The van der Waals surface area contributed by atoms with E-state index in [0.717, 1.165) is 17.3 Å². The number of hydrogen-bond donors (Lipinski definition) is 3. The fourth-order valence-electron chi connectivity index (χ4n) is 2.27. The molecule has 0 saturated carbocycles. The number of carboxylic acids is 1. The zero-order valence-corrected chi connectivity index (χ0v) is 14.0. The molecule has 3 rings (SSSR count). The molecule has 0 aromatic heterocycles. The number of aliphatic imine (C=N–C) groups is 1. The summed E-state index contributed by atoms with van der Waals surface area (Å²) in [6, 6.07) is 11.4. The number of nitrogens with one attached hydrogen (secondary N) is 1. The molecule has 0 aliphatic carbocycles. The van der Waals surface area contributed by atoms with E-state index in [0.29, 0.717) is 15.6 Å². The van der Waals surface area contributed by atoms with Crippen molar-refractivity contribution in [1.29, 1.82) is 0 Å². The molecule has 1 amide bonds. The van der Waals surface area contributed by atoms with Crippen LogP contribution in [-0.4, -0.2) is 27.3 Å². The van der Waals surface area contributed by atoms with Crippen molar-refractivity contribution < 1.29 is 19.8 Å². The van der Waals surface area contributed by atoms with Gasteiger partial charge in [0.2, 0.25) is 0 Å². The van der Waals surface area contributed by atoms with Gasteiger partial charge >= 0.3 is 5.97 Å². The first kappa shape index (κ1) is 16.8. The second-order valence-electron chi connectivity index (χ2n) is 5.40. The number of nitrogens with zero attached hydrogens (tertiary/aromatic N) is 1. The quantitative estimate of drug-likeness (QED) is 0.735. The molecule has 25 heavy (non-hydrogen) atoms. The molecule has 0 radical (unpaired) electrons. The van der Waals surface area contributed by atoms with Crippen LogP contribution in [0.15, 0.2) is 52.4 Å². The lowest BCUT2D eigenvalue weighted by Gasteiger charge is -2.03. The Morgan fingerprint density at radius 3 is 2.76 bits per heavy atom. The minimum atomic E-state index is -1.08. The monoisotopic (exact) mass is 354 g/mol. The van der Waals surface area contributed by atoms with Gasteiger partial charge in [0.1, 0.15) is 5.75 Å². The summed E-state index contributed by atoms with van der Waals surface area (Å²) in [5.74, 6) is -1.29. The lowest BCUT2D eigenvalue weighted by Crippen LogP contribution is -2.19. The average Bonchev–Trinajstić information content (AvgIpc) is 2.86. The number of aromatic carboxylic acids is 1. The average molecular weight is 354 g/mol. The van der Waals surface area contributed by atoms with Crippen molar-refractivity contribution in [3.63, 3.8) is 0 Å². The fourth-order valence-corrected chi connectivity index (χ4v) is 3.11. The molecule has 0 spiro atoms. The second-order valence-corrected chi connectivity index (χ2v) is 6.43. The number of carboxylic acid groups (broad SMARTS) is 1. The Morgan fingerprint density at radius 2 is 2.04 bits per heavy atom. The van der Waals surface area contributed by atoms with Crippen LogP contribution in [0.25, 0.3) is 6.08 Å². The first-order valence-corrected chi connectivity index (χ1v) is 8.16. The van der Waals surface area contributed by atoms with Gasteiger partial charge in [-0.15, -0.1) is 0 Å². The highest BCUT2D eigenvalue weighted by Crippen LogP contribution is 2.30. The van der Waals surface area contributed by atoms with Crippen LogP contribution < -0.4 is 5.32 Å². The summed E-state index contributed by atoms with van der Waals surface area (Å²) in [6.07, 6.45) is 1.64. The molecule has 0 unspecified atom stereocenters. The minimum Gasteiger partial charge on any atom is -0.508 e. The van der Waals surface area contributed by atoms with Crippen LogP contribution in [-0.2, 0) is 4.79 Å². The van der Waals surface area contributed by atoms with Crippen LogP contribution in [0, 0.1) is 6.92 Å². The summed E-state index contributed by atoms with van der Waals surface area (Å²) in [4.78, 5) is 28.1. The molecule has 7 heteroatoms. The van der Waals surface area contributed by atoms with Gasteiger partial charge in [-0.3, -0.25) is 4.79 Å². The highest BCUT2D eigenvalue weighted by atomic mass is 32.2. The molecule has 1 heterocycles. The predicted molar refractivity (Wildman–Crippen MR) is 97.1 cm³/mol. The lowest BCUT2D eigenvalue weighted by molar-refractivity contribution is -0.115. The molecule has 1 saturated heterocycles. The SMILES string of the molecule is Cc1ccc(C(=O)O)c(N=C2NC(=O)/C(=C/c3cccc(O)c3)S2)c1. The minimum absolute atomic E-state index is 0.0679. The predicted octanol–water partition coefficient (Wildman–Crippen LogP) is 3.29. The molecule has 2 aromatic carbocycles. The lowest BCUT2D eigenvalue weighted by atomic mass is 10.1. The van der Waals surface area contributed by atoms with Gasteiger partial charge in [0.05, 0.1) is 16.2 Å². The van der Waals surface area contributed by atoms with E-state index < -0.39 is 5.97 Å². The summed E-state index contributed by atoms with van der Waals surface area (Å²) >= 11 is 1.12. The van der Waals surface area contributed by atoms with Crippen molar-refractivity contribution in [3.05, 3.63) is 64.1 Å². The van der Waals surface area contributed by atoms with Gasteiger partial charge in [0.15, 0.2) is 5.17 Å². The zero-order chi connectivity index (χ0) is 18.0. The highest BCUT2D eigenvalue weighted by Gasteiger charge is 2.24. The molecule has 0 bridgehead atoms. The van der Waals surface area contributed by atoms with Gasteiger partial charge < -0.3 is 15.5 Å². The number of carbonyl (C=O) groups is 2. The Kier molecular flexibility index (Phi) is 4.58. The van der Waals surface area contributed by atoms with Crippen LogP contribution in [0.5, 0.6) is 5.75 Å². The summed E-state index contributed by atoms with van der Waals surface area (Å²) in [5.41, 5.74) is 1.90. The smallest absolute Gasteiger partial charge is 0.337 e. The van der Waals surface area contributed by atoms with Gasteiger partial charge in [-0.1, -0.05) is 18.2 Å². The first-order chi connectivity index (χ1) is 11.9. The molecule has 3 N–H and O–H groups in total. The largest absolute Gasteiger partial charge is 0.508 e. The fraction of sp³-hybridized carbons (Fsp3) is 0.0556. The number of phenolic OH excluding ortho intramolecular Hbond substituents is 1. The second kappa shape index (κ2) is 6.82. The molecule has 1 fully saturated rings. The van der Waals surface area contributed by atoms with Gasteiger partial charge in [0.25, 0.3) is 5.91 Å².